The van der Waals surface area contributed by atoms with Gasteiger partial charge in [0, 0.05) is 35.6 Å². The summed E-state index contributed by atoms with van der Waals surface area (Å²) in [5, 5.41) is 0. The van der Waals surface area contributed by atoms with Gasteiger partial charge in [0.15, 0.2) is 0 Å². The van der Waals surface area contributed by atoms with E-state index in [1.807, 2.05) is 42.7 Å². The maximum Gasteiger partial charge on any atom is 0.138 e. The van der Waals surface area contributed by atoms with Crippen molar-refractivity contribution >= 4 is 11.3 Å². The Morgan fingerprint density at radius 1 is 1.11 bits per heavy atom. The molecule has 0 unspecified atom stereocenters. The Labute approximate surface area is 106 Å². The lowest BCUT2D eigenvalue weighted by Crippen LogP contribution is -2.16. The summed E-state index contributed by atoms with van der Waals surface area (Å²) in [4.78, 5) is 9.42. The van der Waals surface area contributed by atoms with E-state index in [2.05, 4.69) is 33.6 Å². The van der Waals surface area contributed by atoms with Crippen molar-refractivity contribution in [3.8, 4) is 0 Å². The molecule has 0 fully saturated rings. The van der Waals surface area contributed by atoms with Crippen molar-refractivity contribution in [1.82, 2.24) is 9.97 Å². The first kappa shape index (κ1) is 10.6. The number of anilines is 1. The number of imidazole rings is 1. The highest BCUT2D eigenvalue weighted by Crippen LogP contribution is 2.26. The van der Waals surface area contributed by atoms with E-state index in [1.54, 1.807) is 6.20 Å². The summed E-state index contributed by atoms with van der Waals surface area (Å²) >= 11 is 0. The van der Waals surface area contributed by atoms with Gasteiger partial charge in [0.05, 0.1) is 0 Å². The molecule has 2 aromatic rings. The first-order valence-electron chi connectivity index (χ1n) is 5.77. The molecular weight excluding hydrogens is 222 g/mol. The number of nitrogens with zero attached hydrogens (tertiary/aromatic N) is 2. The van der Waals surface area contributed by atoms with Gasteiger partial charge in [-0.3, -0.25) is 0 Å². The Morgan fingerprint density at radius 3 is 2.67 bits per heavy atom. The van der Waals surface area contributed by atoms with Gasteiger partial charge in [-0.25, -0.2) is 4.98 Å². The topological polar surface area (TPSA) is 31.9 Å². The van der Waals surface area contributed by atoms with Crippen LogP contribution in [0.3, 0.4) is 0 Å². The fourth-order valence-corrected chi connectivity index (χ4v) is 1.92. The van der Waals surface area contributed by atoms with Crippen LogP contribution < -0.4 is 4.90 Å². The number of aromatic amines is 1. The number of hydrogen-bond acceptors (Lipinski definition) is 2. The lowest BCUT2D eigenvalue weighted by molar-refractivity contribution is 1.17. The SMILES string of the molecule is C=C1C=CC(c2ncc[nH]2)=CN1c1ccccc1. The molecule has 0 saturated carbocycles. The highest BCUT2D eigenvalue weighted by Gasteiger charge is 2.12. The largest absolute Gasteiger partial charge is 0.345 e. The van der Waals surface area contributed by atoms with Gasteiger partial charge in [-0.2, -0.15) is 0 Å². The zero-order valence-electron chi connectivity index (χ0n) is 9.88. The fourth-order valence-electron chi connectivity index (χ4n) is 1.92. The highest BCUT2D eigenvalue weighted by atomic mass is 15.1. The molecule has 0 atom stereocenters. The number of rotatable bonds is 2. The number of allylic oxidation sites excluding steroid dienone is 3. The van der Waals surface area contributed by atoms with Crippen LogP contribution in [0.15, 0.2) is 73.4 Å². The summed E-state index contributed by atoms with van der Waals surface area (Å²) in [7, 11) is 0. The minimum atomic E-state index is 0.861. The van der Waals surface area contributed by atoms with Crippen molar-refractivity contribution in [2.24, 2.45) is 0 Å². The van der Waals surface area contributed by atoms with Crippen LogP contribution in [0.1, 0.15) is 5.82 Å². The van der Waals surface area contributed by atoms with Gasteiger partial charge in [0.25, 0.3) is 0 Å². The van der Waals surface area contributed by atoms with Crippen LogP contribution in [0.25, 0.3) is 5.57 Å². The van der Waals surface area contributed by atoms with Crippen molar-refractivity contribution in [1.29, 1.82) is 0 Å². The van der Waals surface area contributed by atoms with Gasteiger partial charge in [-0.15, -0.1) is 0 Å². The van der Waals surface area contributed by atoms with Gasteiger partial charge in [0.1, 0.15) is 5.82 Å². The Bertz CT molecular complexity index is 606. The zero-order valence-corrected chi connectivity index (χ0v) is 9.88. The van der Waals surface area contributed by atoms with E-state index in [1.165, 1.54) is 0 Å². The molecule has 0 aliphatic carbocycles. The first-order chi connectivity index (χ1) is 8.84. The molecule has 0 bridgehead atoms. The third kappa shape index (κ3) is 1.86. The standard InChI is InChI=1S/C15H13N3/c1-12-7-8-13(15-16-9-10-17-15)11-18(12)14-5-3-2-4-6-14/h2-11H,1H2,(H,16,17). The summed E-state index contributed by atoms with van der Waals surface area (Å²) in [6.45, 7) is 4.05. The summed E-state index contributed by atoms with van der Waals surface area (Å²) < 4.78 is 0. The van der Waals surface area contributed by atoms with Crippen molar-refractivity contribution in [3.63, 3.8) is 0 Å². The summed E-state index contributed by atoms with van der Waals surface area (Å²) in [5.41, 5.74) is 3.07. The first-order valence-corrected chi connectivity index (χ1v) is 5.77. The Morgan fingerprint density at radius 2 is 1.94 bits per heavy atom. The monoisotopic (exact) mass is 235 g/mol. The predicted octanol–water partition coefficient (Wildman–Crippen LogP) is 3.34. The molecule has 18 heavy (non-hydrogen) atoms. The second-order valence-electron chi connectivity index (χ2n) is 4.05. The van der Waals surface area contributed by atoms with E-state index in [0.29, 0.717) is 0 Å². The number of nitrogens with one attached hydrogen (secondary N) is 1. The molecule has 3 nitrogen and oxygen atoms in total. The molecule has 0 saturated heterocycles. The molecule has 1 aromatic carbocycles. The fraction of sp³-hybridized carbons (Fsp3) is 0. The third-order valence-corrected chi connectivity index (χ3v) is 2.84. The number of para-hydroxylation sites is 1. The van der Waals surface area contributed by atoms with Crippen molar-refractivity contribution < 1.29 is 0 Å². The van der Waals surface area contributed by atoms with Crippen LogP contribution in [-0.4, -0.2) is 9.97 Å². The van der Waals surface area contributed by atoms with Crippen LogP contribution in [0.2, 0.25) is 0 Å². The van der Waals surface area contributed by atoms with Gasteiger partial charge in [-0.1, -0.05) is 24.8 Å². The average molecular weight is 235 g/mol. The molecule has 1 aliphatic heterocycles. The lowest BCUT2D eigenvalue weighted by Gasteiger charge is -2.24. The average Bonchev–Trinajstić information content (AvgIpc) is 2.94. The minimum absolute atomic E-state index is 0.861. The normalized spacial score (nSPS) is 14.8. The smallest absolute Gasteiger partial charge is 0.138 e. The van der Waals surface area contributed by atoms with E-state index in [-0.39, 0.29) is 0 Å². The number of benzene rings is 1. The van der Waals surface area contributed by atoms with Crippen LogP contribution in [0.4, 0.5) is 5.69 Å². The van der Waals surface area contributed by atoms with E-state index >= 15 is 0 Å². The van der Waals surface area contributed by atoms with Crippen molar-refractivity contribution in [2.45, 2.75) is 0 Å². The van der Waals surface area contributed by atoms with E-state index in [0.717, 1.165) is 22.8 Å². The second-order valence-corrected chi connectivity index (χ2v) is 4.05. The molecular formula is C15H13N3. The maximum atomic E-state index is 4.26. The zero-order chi connectivity index (χ0) is 12.4. The Hall–Kier alpha value is -2.55. The predicted molar refractivity (Wildman–Crippen MR) is 73.8 cm³/mol. The Kier molecular flexibility index (Phi) is 2.57. The molecule has 88 valence electrons. The molecule has 1 aliphatic rings. The van der Waals surface area contributed by atoms with E-state index in [9.17, 15) is 0 Å². The van der Waals surface area contributed by atoms with Crippen LogP contribution in [0, 0.1) is 0 Å². The van der Waals surface area contributed by atoms with Crippen LogP contribution in [-0.2, 0) is 0 Å². The van der Waals surface area contributed by atoms with E-state index < -0.39 is 0 Å². The number of H-pyrrole nitrogens is 1. The molecule has 0 spiro atoms. The number of aromatic nitrogens is 2. The minimum Gasteiger partial charge on any atom is -0.345 e. The summed E-state index contributed by atoms with van der Waals surface area (Å²) in [6.07, 6.45) is 9.61. The molecule has 3 heteroatoms. The highest BCUT2D eigenvalue weighted by molar-refractivity contribution is 5.78. The molecule has 0 radical (unpaired) electrons. The molecule has 1 aromatic heterocycles. The van der Waals surface area contributed by atoms with Crippen LogP contribution >= 0.6 is 0 Å². The van der Waals surface area contributed by atoms with Gasteiger partial charge in [-0.05, 0) is 24.3 Å². The summed E-state index contributed by atoms with van der Waals surface area (Å²) in [6, 6.07) is 10.1. The second kappa shape index (κ2) is 4.37. The molecule has 3 rings (SSSR count). The quantitative estimate of drug-likeness (QED) is 0.865. The van der Waals surface area contributed by atoms with Crippen LogP contribution in [0.5, 0.6) is 0 Å². The number of hydrogen-bond donors (Lipinski definition) is 1. The third-order valence-electron chi connectivity index (χ3n) is 2.84. The summed E-state index contributed by atoms with van der Waals surface area (Å²) in [5.74, 6) is 0.861. The lowest BCUT2D eigenvalue weighted by atomic mass is 10.1. The molecule has 2 heterocycles. The molecule has 1 N–H and O–H groups in total. The van der Waals surface area contributed by atoms with Crippen molar-refractivity contribution in [2.75, 3.05) is 4.90 Å². The van der Waals surface area contributed by atoms with Gasteiger partial charge in [0.2, 0.25) is 0 Å². The van der Waals surface area contributed by atoms with Gasteiger partial charge >= 0.3 is 0 Å². The molecule has 0 amide bonds. The van der Waals surface area contributed by atoms with Crippen molar-refractivity contribution in [3.05, 3.63) is 79.2 Å². The van der Waals surface area contributed by atoms with Gasteiger partial charge < -0.3 is 9.88 Å². The maximum absolute atomic E-state index is 4.26. The Balaban J connectivity index is 2.00. The van der Waals surface area contributed by atoms with E-state index in [4.69, 9.17) is 0 Å².